The number of pyridine rings is 1. The van der Waals surface area contributed by atoms with Crippen LogP contribution in [0.1, 0.15) is 11.1 Å². The lowest BCUT2D eigenvalue weighted by Gasteiger charge is -2.14. The second-order valence-electron chi connectivity index (χ2n) is 12.3. The molecule has 0 fully saturated rings. The highest BCUT2D eigenvalue weighted by Gasteiger charge is 2.20. The molecule has 232 valence electrons. The van der Waals surface area contributed by atoms with Crippen LogP contribution in [-0.4, -0.2) is 28.7 Å². The van der Waals surface area contributed by atoms with E-state index in [0.29, 0.717) is 17.5 Å². The first-order chi connectivity index (χ1) is 24.1. The van der Waals surface area contributed by atoms with Crippen molar-refractivity contribution in [1.82, 2.24) is 28.7 Å². The summed E-state index contributed by atoms with van der Waals surface area (Å²) in [5.41, 5.74) is 11.8. The number of nitrogens with zero attached hydrogens (tertiary/aromatic N) is 6. The highest BCUT2D eigenvalue weighted by atomic mass is 32.1. The number of benzene rings is 6. The lowest BCUT2D eigenvalue weighted by atomic mass is 9.93. The molecule has 0 spiro atoms. The molecule has 3 aromatic heterocycles. The van der Waals surface area contributed by atoms with Crippen LogP contribution in [-0.2, 0) is 0 Å². The van der Waals surface area contributed by atoms with Crippen LogP contribution >= 0.6 is 11.7 Å². The first-order valence-corrected chi connectivity index (χ1v) is 16.9. The summed E-state index contributed by atoms with van der Waals surface area (Å²) in [7, 11) is 0. The third kappa shape index (κ3) is 5.21. The number of fused-ring (bicyclic) bond motifs is 5. The molecule has 6 nitrogen and oxygen atoms in total. The van der Waals surface area contributed by atoms with Crippen molar-refractivity contribution in [3.05, 3.63) is 145 Å². The molecule has 0 atom stereocenters. The zero-order valence-corrected chi connectivity index (χ0v) is 27.6. The first kappa shape index (κ1) is 29.0. The highest BCUT2D eigenvalue weighted by Crippen LogP contribution is 2.41. The number of para-hydroxylation sites is 1. The van der Waals surface area contributed by atoms with Crippen molar-refractivity contribution in [2.45, 2.75) is 13.8 Å². The molecule has 0 unspecified atom stereocenters. The van der Waals surface area contributed by atoms with E-state index in [2.05, 4.69) is 135 Å². The van der Waals surface area contributed by atoms with Gasteiger partial charge < -0.3 is 0 Å². The van der Waals surface area contributed by atoms with Gasteiger partial charge in [0.25, 0.3) is 0 Å². The van der Waals surface area contributed by atoms with Crippen LogP contribution in [0.15, 0.2) is 133 Å². The molecule has 0 radical (unpaired) electrons. The van der Waals surface area contributed by atoms with Crippen molar-refractivity contribution in [3.8, 4) is 56.5 Å². The molecule has 0 saturated heterocycles. The Kier molecular flexibility index (Phi) is 6.99. The van der Waals surface area contributed by atoms with Crippen LogP contribution in [0.3, 0.4) is 0 Å². The van der Waals surface area contributed by atoms with Crippen molar-refractivity contribution in [2.24, 2.45) is 0 Å². The van der Waals surface area contributed by atoms with Gasteiger partial charge in [0.2, 0.25) is 0 Å². The summed E-state index contributed by atoms with van der Waals surface area (Å²) >= 11 is 1.24. The zero-order chi connectivity index (χ0) is 32.9. The van der Waals surface area contributed by atoms with Gasteiger partial charge in [0, 0.05) is 44.0 Å². The van der Waals surface area contributed by atoms with Gasteiger partial charge in [0.15, 0.2) is 17.5 Å². The van der Waals surface area contributed by atoms with Gasteiger partial charge in [-0.05, 0) is 37.6 Å². The molecule has 0 aliphatic rings. The molecular formula is C42H28N6S. The summed E-state index contributed by atoms with van der Waals surface area (Å²) < 4.78 is 9.72. The third-order valence-corrected chi connectivity index (χ3v) is 9.46. The van der Waals surface area contributed by atoms with Crippen LogP contribution in [0.25, 0.3) is 89.3 Å². The minimum atomic E-state index is 0.606. The lowest BCUT2D eigenvalue weighted by Crippen LogP contribution is -2.00. The highest BCUT2D eigenvalue weighted by molar-refractivity contribution is 7.00. The van der Waals surface area contributed by atoms with E-state index in [9.17, 15) is 0 Å². The molecule has 0 bridgehead atoms. The Hall–Kier alpha value is -6.18. The minimum Gasteiger partial charge on any atom is -0.247 e. The number of hydrogen-bond acceptors (Lipinski definition) is 7. The molecule has 3 heterocycles. The first-order valence-electron chi connectivity index (χ1n) is 16.1. The molecular weight excluding hydrogens is 621 g/mol. The van der Waals surface area contributed by atoms with E-state index in [1.807, 2.05) is 12.1 Å². The standard InChI is InChI=1S/C42H28N6S/c1-25-15-19-28(20-16-25)40-44-41(29-21-17-26(2)18-22-29)46-42(45-40)31-12-8-11-30(23-31)33-24-34-36(39-38(33)47-49-48-39)32-13-6-7-14-35(32)43-37(34)27-9-4-3-5-10-27/h3-24H,1-2H3. The topological polar surface area (TPSA) is 77.3 Å². The summed E-state index contributed by atoms with van der Waals surface area (Å²) in [5.74, 6) is 1.87. The molecule has 0 aliphatic heterocycles. The zero-order valence-electron chi connectivity index (χ0n) is 26.8. The Morgan fingerprint density at radius 3 is 1.69 bits per heavy atom. The van der Waals surface area contributed by atoms with E-state index < -0.39 is 0 Å². The van der Waals surface area contributed by atoms with Gasteiger partial charge in [-0.15, -0.1) is 0 Å². The predicted molar refractivity (Wildman–Crippen MR) is 200 cm³/mol. The molecule has 7 heteroatoms. The molecule has 49 heavy (non-hydrogen) atoms. The summed E-state index contributed by atoms with van der Waals surface area (Å²) in [6, 6.07) is 45.8. The Balaban J connectivity index is 1.26. The summed E-state index contributed by atoms with van der Waals surface area (Å²) in [5, 5.41) is 3.16. The fourth-order valence-corrected chi connectivity index (χ4v) is 6.96. The number of hydrogen-bond donors (Lipinski definition) is 0. The van der Waals surface area contributed by atoms with Crippen molar-refractivity contribution in [1.29, 1.82) is 0 Å². The largest absolute Gasteiger partial charge is 0.247 e. The monoisotopic (exact) mass is 648 g/mol. The second kappa shape index (κ2) is 11.8. The van der Waals surface area contributed by atoms with E-state index in [1.165, 1.54) is 22.9 Å². The maximum Gasteiger partial charge on any atom is 0.164 e. The van der Waals surface area contributed by atoms with Crippen molar-refractivity contribution in [3.63, 3.8) is 0 Å². The Morgan fingerprint density at radius 2 is 1.00 bits per heavy atom. The van der Waals surface area contributed by atoms with Gasteiger partial charge >= 0.3 is 0 Å². The lowest BCUT2D eigenvalue weighted by molar-refractivity contribution is 1.07. The van der Waals surface area contributed by atoms with Crippen LogP contribution in [0.2, 0.25) is 0 Å². The minimum absolute atomic E-state index is 0.606. The molecule has 9 rings (SSSR count). The SMILES string of the molecule is Cc1ccc(-c2nc(-c3ccc(C)cc3)nc(-c3cccc(-c4cc5c(-c6ccccc6)nc6ccccc6c5c5nsnc45)c3)n2)cc1. The molecule has 0 N–H and O–H groups in total. The van der Waals surface area contributed by atoms with Gasteiger partial charge in [-0.2, -0.15) is 8.75 Å². The fraction of sp³-hybridized carbons (Fsp3) is 0.0476. The number of rotatable bonds is 5. The molecule has 0 aliphatic carbocycles. The molecule has 0 saturated carbocycles. The van der Waals surface area contributed by atoms with Gasteiger partial charge in [0.1, 0.15) is 11.0 Å². The van der Waals surface area contributed by atoms with E-state index in [4.69, 9.17) is 28.7 Å². The summed E-state index contributed by atoms with van der Waals surface area (Å²) in [6.07, 6.45) is 0. The van der Waals surface area contributed by atoms with E-state index in [1.54, 1.807) is 0 Å². The van der Waals surface area contributed by atoms with Gasteiger partial charge in [-0.3, -0.25) is 0 Å². The summed E-state index contributed by atoms with van der Waals surface area (Å²) in [4.78, 5) is 20.1. The Morgan fingerprint density at radius 1 is 0.429 bits per heavy atom. The number of aromatic nitrogens is 6. The van der Waals surface area contributed by atoms with E-state index >= 15 is 0 Å². The van der Waals surface area contributed by atoms with Crippen LogP contribution < -0.4 is 0 Å². The van der Waals surface area contributed by atoms with E-state index in [0.717, 1.165) is 71.8 Å². The summed E-state index contributed by atoms with van der Waals surface area (Å²) in [6.45, 7) is 4.16. The maximum absolute atomic E-state index is 5.18. The average molecular weight is 649 g/mol. The number of aryl methyl sites for hydroxylation is 2. The fourth-order valence-electron chi connectivity index (χ4n) is 6.39. The van der Waals surface area contributed by atoms with Gasteiger partial charge in [0.05, 0.1) is 22.9 Å². The molecule has 0 amide bonds. The van der Waals surface area contributed by atoms with Crippen LogP contribution in [0, 0.1) is 13.8 Å². The average Bonchev–Trinajstić information content (AvgIpc) is 3.65. The van der Waals surface area contributed by atoms with Crippen molar-refractivity contribution < 1.29 is 0 Å². The molecule has 6 aromatic carbocycles. The van der Waals surface area contributed by atoms with Crippen LogP contribution in [0.4, 0.5) is 0 Å². The van der Waals surface area contributed by atoms with Crippen molar-refractivity contribution >= 4 is 44.4 Å². The quantitative estimate of drug-likeness (QED) is 0.173. The molecule has 9 aromatic rings. The second-order valence-corrected chi connectivity index (χ2v) is 12.8. The van der Waals surface area contributed by atoms with Crippen molar-refractivity contribution in [2.75, 3.05) is 0 Å². The maximum atomic E-state index is 5.18. The third-order valence-electron chi connectivity index (χ3n) is 8.93. The smallest absolute Gasteiger partial charge is 0.164 e. The Bertz CT molecular complexity index is 2600. The normalized spacial score (nSPS) is 11.5. The van der Waals surface area contributed by atoms with Crippen LogP contribution in [0.5, 0.6) is 0 Å². The van der Waals surface area contributed by atoms with Gasteiger partial charge in [-0.1, -0.05) is 126 Å². The van der Waals surface area contributed by atoms with Gasteiger partial charge in [-0.25, -0.2) is 19.9 Å². The van der Waals surface area contributed by atoms with E-state index in [-0.39, 0.29) is 0 Å². The Labute approximate surface area is 287 Å². The predicted octanol–water partition coefficient (Wildman–Crippen LogP) is 10.5.